The maximum atomic E-state index is 6.09. The van der Waals surface area contributed by atoms with Gasteiger partial charge < -0.3 is 5.73 Å². The van der Waals surface area contributed by atoms with Gasteiger partial charge in [0.05, 0.1) is 5.52 Å². The molecule has 0 unspecified atom stereocenters. The van der Waals surface area contributed by atoms with E-state index in [1.165, 1.54) is 11.1 Å². The first-order valence-corrected chi connectivity index (χ1v) is 6.66. The monoisotopic (exact) mass is 263 g/mol. The fourth-order valence-electron chi connectivity index (χ4n) is 2.55. The SMILES string of the molecule is Cc1cc(C)cc(-c2nc(N)c3cccc(C)c3n2)c1. The third kappa shape index (κ3) is 2.11. The number of benzene rings is 2. The number of nitrogens with two attached hydrogens (primary N) is 1. The van der Waals surface area contributed by atoms with Crippen molar-refractivity contribution in [1.82, 2.24) is 9.97 Å². The van der Waals surface area contributed by atoms with Crippen LogP contribution >= 0.6 is 0 Å². The molecule has 20 heavy (non-hydrogen) atoms. The highest BCUT2D eigenvalue weighted by Crippen LogP contribution is 2.26. The predicted octanol–water partition coefficient (Wildman–Crippen LogP) is 3.80. The van der Waals surface area contributed by atoms with Gasteiger partial charge in [0.2, 0.25) is 0 Å². The van der Waals surface area contributed by atoms with Crippen molar-refractivity contribution in [3.63, 3.8) is 0 Å². The van der Waals surface area contributed by atoms with Crippen LogP contribution in [0.5, 0.6) is 0 Å². The van der Waals surface area contributed by atoms with E-state index in [-0.39, 0.29) is 0 Å². The first kappa shape index (κ1) is 12.6. The Balaban J connectivity index is 2.29. The van der Waals surface area contributed by atoms with E-state index >= 15 is 0 Å². The lowest BCUT2D eigenvalue weighted by Gasteiger charge is -2.08. The van der Waals surface area contributed by atoms with Gasteiger partial charge in [0.15, 0.2) is 5.82 Å². The standard InChI is InChI=1S/C17H17N3/c1-10-7-11(2)9-13(8-10)17-19-15-12(3)5-4-6-14(15)16(18)20-17/h4-9H,1-3H3,(H2,18,19,20). The highest BCUT2D eigenvalue weighted by atomic mass is 14.9. The summed E-state index contributed by atoms with van der Waals surface area (Å²) in [6.07, 6.45) is 0. The van der Waals surface area contributed by atoms with Crippen molar-refractivity contribution in [3.05, 3.63) is 53.1 Å². The van der Waals surface area contributed by atoms with Crippen LogP contribution < -0.4 is 5.73 Å². The number of anilines is 1. The number of fused-ring (bicyclic) bond motifs is 1. The second-order valence-electron chi connectivity index (χ2n) is 5.28. The summed E-state index contributed by atoms with van der Waals surface area (Å²) in [7, 11) is 0. The number of para-hydroxylation sites is 1. The molecule has 0 saturated carbocycles. The molecule has 0 spiro atoms. The Morgan fingerprint density at radius 3 is 2.30 bits per heavy atom. The molecule has 1 aromatic heterocycles. The van der Waals surface area contributed by atoms with Crippen molar-refractivity contribution in [2.24, 2.45) is 0 Å². The number of nitrogen functional groups attached to an aromatic ring is 1. The fraction of sp³-hybridized carbons (Fsp3) is 0.176. The van der Waals surface area contributed by atoms with Crippen LogP contribution in [0.4, 0.5) is 5.82 Å². The highest BCUT2D eigenvalue weighted by Gasteiger charge is 2.09. The van der Waals surface area contributed by atoms with E-state index in [0.717, 1.165) is 22.0 Å². The zero-order valence-electron chi connectivity index (χ0n) is 11.9. The minimum Gasteiger partial charge on any atom is -0.383 e. The lowest BCUT2D eigenvalue weighted by atomic mass is 10.1. The summed E-state index contributed by atoms with van der Waals surface area (Å²) in [6.45, 7) is 6.19. The molecule has 0 aliphatic rings. The smallest absolute Gasteiger partial charge is 0.162 e. The van der Waals surface area contributed by atoms with Crippen molar-refractivity contribution in [3.8, 4) is 11.4 Å². The molecule has 0 aliphatic carbocycles. The zero-order chi connectivity index (χ0) is 14.3. The van der Waals surface area contributed by atoms with Crippen LogP contribution in [0.15, 0.2) is 36.4 Å². The van der Waals surface area contributed by atoms with Crippen LogP contribution in [0.2, 0.25) is 0 Å². The number of aromatic nitrogens is 2. The largest absolute Gasteiger partial charge is 0.383 e. The van der Waals surface area contributed by atoms with E-state index in [9.17, 15) is 0 Å². The molecule has 0 radical (unpaired) electrons. The number of hydrogen-bond acceptors (Lipinski definition) is 3. The average Bonchev–Trinajstić information content (AvgIpc) is 2.38. The summed E-state index contributed by atoms with van der Waals surface area (Å²) in [4.78, 5) is 9.16. The molecule has 0 atom stereocenters. The predicted molar refractivity (Wildman–Crippen MR) is 83.6 cm³/mol. The van der Waals surface area contributed by atoms with Gasteiger partial charge in [-0.25, -0.2) is 9.97 Å². The summed E-state index contributed by atoms with van der Waals surface area (Å²) < 4.78 is 0. The maximum absolute atomic E-state index is 6.09. The summed E-state index contributed by atoms with van der Waals surface area (Å²) in [6, 6.07) is 12.3. The number of hydrogen-bond donors (Lipinski definition) is 1. The van der Waals surface area contributed by atoms with Crippen LogP contribution in [-0.4, -0.2) is 9.97 Å². The van der Waals surface area contributed by atoms with Crippen molar-refractivity contribution in [1.29, 1.82) is 0 Å². The Hall–Kier alpha value is -2.42. The third-order valence-electron chi connectivity index (χ3n) is 3.44. The summed E-state index contributed by atoms with van der Waals surface area (Å²) in [5.74, 6) is 1.23. The molecule has 3 aromatic rings. The first-order chi connectivity index (χ1) is 9.54. The molecule has 100 valence electrons. The molecule has 0 bridgehead atoms. The molecule has 0 aliphatic heterocycles. The second-order valence-corrected chi connectivity index (χ2v) is 5.28. The van der Waals surface area contributed by atoms with Gasteiger partial charge >= 0.3 is 0 Å². The molecule has 0 amide bonds. The molecule has 0 fully saturated rings. The number of nitrogens with zero attached hydrogens (tertiary/aromatic N) is 2. The molecule has 3 heteroatoms. The van der Waals surface area contributed by atoms with Gasteiger partial charge in [-0.1, -0.05) is 29.3 Å². The Bertz CT molecular complexity index is 786. The molecule has 1 heterocycles. The van der Waals surface area contributed by atoms with Gasteiger partial charge in [0.25, 0.3) is 0 Å². The molecular formula is C17H17N3. The average molecular weight is 263 g/mol. The molecule has 2 aromatic carbocycles. The van der Waals surface area contributed by atoms with E-state index in [4.69, 9.17) is 10.7 Å². The summed E-state index contributed by atoms with van der Waals surface area (Å²) in [5.41, 5.74) is 11.5. The highest BCUT2D eigenvalue weighted by molar-refractivity contribution is 5.91. The lowest BCUT2D eigenvalue weighted by Crippen LogP contribution is -1.99. The van der Waals surface area contributed by atoms with Gasteiger partial charge in [0, 0.05) is 10.9 Å². The fourth-order valence-corrected chi connectivity index (χ4v) is 2.55. The Labute approximate surface area is 118 Å². The van der Waals surface area contributed by atoms with E-state index in [0.29, 0.717) is 11.6 Å². The molecule has 2 N–H and O–H groups in total. The topological polar surface area (TPSA) is 51.8 Å². The van der Waals surface area contributed by atoms with Crippen molar-refractivity contribution in [2.75, 3.05) is 5.73 Å². The molecule has 0 saturated heterocycles. The minimum absolute atomic E-state index is 0.535. The van der Waals surface area contributed by atoms with Crippen LogP contribution in [0.1, 0.15) is 16.7 Å². The second kappa shape index (κ2) is 4.60. The van der Waals surface area contributed by atoms with Crippen molar-refractivity contribution in [2.45, 2.75) is 20.8 Å². The van der Waals surface area contributed by atoms with Gasteiger partial charge in [0.1, 0.15) is 5.82 Å². The zero-order valence-corrected chi connectivity index (χ0v) is 11.9. The minimum atomic E-state index is 0.535. The van der Waals surface area contributed by atoms with E-state index in [1.54, 1.807) is 0 Å². The molecule has 3 nitrogen and oxygen atoms in total. The number of aryl methyl sites for hydroxylation is 3. The van der Waals surface area contributed by atoms with E-state index in [1.807, 2.05) is 25.1 Å². The van der Waals surface area contributed by atoms with E-state index < -0.39 is 0 Å². The third-order valence-corrected chi connectivity index (χ3v) is 3.44. The Kier molecular flexibility index (Phi) is 2.90. The normalized spacial score (nSPS) is 10.9. The van der Waals surface area contributed by atoms with Crippen molar-refractivity contribution >= 4 is 16.7 Å². The molecule has 3 rings (SSSR count). The first-order valence-electron chi connectivity index (χ1n) is 6.66. The molecular weight excluding hydrogens is 246 g/mol. The van der Waals surface area contributed by atoms with Gasteiger partial charge in [-0.15, -0.1) is 0 Å². The van der Waals surface area contributed by atoms with Gasteiger partial charge in [-0.05, 0) is 44.5 Å². The van der Waals surface area contributed by atoms with E-state index in [2.05, 4.69) is 37.0 Å². The lowest BCUT2D eigenvalue weighted by molar-refractivity contribution is 1.21. The van der Waals surface area contributed by atoms with Crippen LogP contribution in [-0.2, 0) is 0 Å². The number of rotatable bonds is 1. The maximum Gasteiger partial charge on any atom is 0.162 e. The van der Waals surface area contributed by atoms with Crippen LogP contribution in [0.3, 0.4) is 0 Å². The Morgan fingerprint density at radius 1 is 0.900 bits per heavy atom. The summed E-state index contributed by atoms with van der Waals surface area (Å²) >= 11 is 0. The van der Waals surface area contributed by atoms with Crippen LogP contribution in [0, 0.1) is 20.8 Å². The Morgan fingerprint density at radius 2 is 1.60 bits per heavy atom. The summed E-state index contributed by atoms with van der Waals surface area (Å²) in [5, 5.41) is 0.915. The van der Waals surface area contributed by atoms with Gasteiger partial charge in [-0.2, -0.15) is 0 Å². The van der Waals surface area contributed by atoms with Gasteiger partial charge in [-0.3, -0.25) is 0 Å². The quantitative estimate of drug-likeness (QED) is 0.726. The van der Waals surface area contributed by atoms with Crippen molar-refractivity contribution < 1.29 is 0 Å². The van der Waals surface area contributed by atoms with Crippen LogP contribution in [0.25, 0.3) is 22.3 Å².